The second-order valence-electron chi connectivity index (χ2n) is 7.38. The van der Waals surface area contributed by atoms with Crippen molar-refractivity contribution in [2.45, 2.75) is 26.9 Å². The van der Waals surface area contributed by atoms with Gasteiger partial charge in [-0.15, -0.1) is 0 Å². The van der Waals surface area contributed by atoms with Gasteiger partial charge >= 0.3 is 5.69 Å². The molecule has 8 nitrogen and oxygen atoms in total. The molecule has 154 valence electrons. The van der Waals surface area contributed by atoms with Crippen molar-refractivity contribution in [2.24, 2.45) is 13.0 Å². The molecule has 3 aromatic rings. The van der Waals surface area contributed by atoms with Crippen LogP contribution in [0.1, 0.15) is 13.8 Å². The lowest BCUT2D eigenvalue weighted by molar-refractivity contribution is 0.137. The van der Waals surface area contributed by atoms with E-state index in [0.717, 1.165) is 5.69 Å². The number of hydrogen-bond donors (Lipinski definition) is 0. The molecule has 3 heterocycles. The molecule has 1 unspecified atom stereocenters. The van der Waals surface area contributed by atoms with Gasteiger partial charge in [-0.3, -0.25) is 13.9 Å². The van der Waals surface area contributed by atoms with Crippen molar-refractivity contribution in [3.8, 4) is 0 Å². The molecule has 0 radical (unpaired) electrons. The maximum Gasteiger partial charge on any atom is 0.332 e. The number of anilines is 2. The summed E-state index contributed by atoms with van der Waals surface area (Å²) in [6, 6.07) is 6.18. The Bertz CT molecular complexity index is 1160. The van der Waals surface area contributed by atoms with E-state index in [1.54, 1.807) is 19.2 Å². The van der Waals surface area contributed by atoms with Crippen molar-refractivity contribution < 1.29 is 9.13 Å². The zero-order valence-corrected chi connectivity index (χ0v) is 16.8. The number of hydrogen-bond acceptors (Lipinski definition) is 5. The zero-order chi connectivity index (χ0) is 20.7. The molecule has 0 bridgehead atoms. The molecule has 9 heteroatoms. The van der Waals surface area contributed by atoms with Gasteiger partial charge in [-0.05, 0) is 37.1 Å². The first-order valence-corrected chi connectivity index (χ1v) is 9.73. The maximum atomic E-state index is 13.4. The van der Waals surface area contributed by atoms with Crippen LogP contribution >= 0.6 is 0 Å². The van der Waals surface area contributed by atoms with Crippen LogP contribution in [0.25, 0.3) is 11.2 Å². The van der Waals surface area contributed by atoms with E-state index in [1.165, 1.54) is 21.3 Å². The standard InChI is InChI=1S/C20H24FN5O3/c1-4-29-10-9-24-18(27)16-17(23(3)20(24)28)22-19-25(11-13(2)12-26(16)19)15-7-5-14(21)6-8-15/h5-8,13H,4,9-12H2,1-3H3. The normalized spacial score (nSPS) is 16.4. The summed E-state index contributed by atoms with van der Waals surface area (Å²) in [7, 11) is 1.62. The van der Waals surface area contributed by atoms with Crippen LogP contribution < -0.4 is 16.1 Å². The third-order valence-electron chi connectivity index (χ3n) is 5.24. The summed E-state index contributed by atoms with van der Waals surface area (Å²) in [6.45, 7) is 6.24. The lowest BCUT2D eigenvalue weighted by Gasteiger charge is -2.32. The van der Waals surface area contributed by atoms with E-state index in [9.17, 15) is 14.0 Å². The predicted molar refractivity (Wildman–Crippen MR) is 108 cm³/mol. The average Bonchev–Trinajstić information content (AvgIpc) is 3.08. The highest BCUT2D eigenvalue weighted by molar-refractivity contribution is 5.77. The van der Waals surface area contributed by atoms with E-state index in [2.05, 4.69) is 11.9 Å². The maximum absolute atomic E-state index is 13.4. The van der Waals surface area contributed by atoms with Gasteiger partial charge in [-0.25, -0.2) is 9.18 Å². The topological polar surface area (TPSA) is 74.3 Å². The van der Waals surface area contributed by atoms with Gasteiger partial charge in [0.15, 0.2) is 11.2 Å². The van der Waals surface area contributed by atoms with Gasteiger partial charge in [0.25, 0.3) is 5.56 Å². The molecule has 1 aliphatic heterocycles. The van der Waals surface area contributed by atoms with Crippen LogP contribution in [-0.4, -0.2) is 38.4 Å². The number of benzene rings is 1. The zero-order valence-electron chi connectivity index (χ0n) is 16.8. The Morgan fingerprint density at radius 2 is 1.93 bits per heavy atom. The molecule has 0 saturated carbocycles. The molecule has 0 N–H and O–H groups in total. The van der Waals surface area contributed by atoms with Gasteiger partial charge in [-0.1, -0.05) is 6.92 Å². The monoisotopic (exact) mass is 401 g/mol. The fraction of sp³-hybridized carbons (Fsp3) is 0.450. The van der Waals surface area contributed by atoms with Crippen LogP contribution in [0.5, 0.6) is 0 Å². The molecule has 1 aliphatic rings. The lowest BCUT2D eigenvalue weighted by atomic mass is 10.1. The molecule has 0 spiro atoms. The number of fused-ring (bicyclic) bond motifs is 3. The van der Waals surface area contributed by atoms with Crippen LogP contribution in [-0.2, 0) is 24.9 Å². The average molecular weight is 401 g/mol. The van der Waals surface area contributed by atoms with E-state index < -0.39 is 5.69 Å². The first kappa shape index (κ1) is 19.4. The van der Waals surface area contributed by atoms with Crippen molar-refractivity contribution in [3.05, 3.63) is 50.9 Å². The Hall–Kier alpha value is -2.94. The second kappa shape index (κ2) is 7.47. The van der Waals surface area contributed by atoms with Crippen molar-refractivity contribution in [2.75, 3.05) is 24.7 Å². The number of aromatic nitrogens is 4. The van der Waals surface area contributed by atoms with Crippen molar-refractivity contribution in [3.63, 3.8) is 0 Å². The number of imidazole rings is 1. The molecule has 29 heavy (non-hydrogen) atoms. The van der Waals surface area contributed by atoms with Crippen LogP contribution in [0.15, 0.2) is 33.9 Å². The minimum atomic E-state index is -0.418. The van der Waals surface area contributed by atoms with Crippen LogP contribution in [0.4, 0.5) is 16.0 Å². The van der Waals surface area contributed by atoms with Gasteiger partial charge < -0.3 is 14.2 Å². The molecule has 0 aliphatic carbocycles. The Morgan fingerprint density at radius 3 is 2.62 bits per heavy atom. The van der Waals surface area contributed by atoms with Gasteiger partial charge in [0, 0.05) is 32.4 Å². The minimum absolute atomic E-state index is 0.188. The van der Waals surface area contributed by atoms with E-state index in [4.69, 9.17) is 4.74 Å². The van der Waals surface area contributed by atoms with Crippen molar-refractivity contribution in [1.29, 1.82) is 0 Å². The van der Waals surface area contributed by atoms with E-state index in [0.29, 0.717) is 36.8 Å². The van der Waals surface area contributed by atoms with Crippen molar-refractivity contribution >= 4 is 22.8 Å². The highest BCUT2D eigenvalue weighted by atomic mass is 19.1. The molecule has 1 aromatic carbocycles. The van der Waals surface area contributed by atoms with E-state index in [-0.39, 0.29) is 30.4 Å². The number of rotatable bonds is 5. The summed E-state index contributed by atoms with van der Waals surface area (Å²) in [5.74, 6) is 0.504. The quantitative estimate of drug-likeness (QED) is 0.610. The summed E-state index contributed by atoms with van der Waals surface area (Å²) in [5.41, 5.74) is 0.756. The van der Waals surface area contributed by atoms with Gasteiger partial charge in [-0.2, -0.15) is 4.98 Å². The van der Waals surface area contributed by atoms with Crippen molar-refractivity contribution in [1.82, 2.24) is 18.7 Å². The number of ether oxygens (including phenoxy) is 1. The minimum Gasteiger partial charge on any atom is -0.380 e. The highest BCUT2D eigenvalue weighted by Crippen LogP contribution is 2.32. The number of aryl methyl sites for hydroxylation is 1. The Labute approximate surface area is 166 Å². The van der Waals surface area contributed by atoms with Crippen LogP contribution in [0.2, 0.25) is 0 Å². The van der Waals surface area contributed by atoms with Crippen LogP contribution in [0.3, 0.4) is 0 Å². The second-order valence-corrected chi connectivity index (χ2v) is 7.38. The molecule has 4 rings (SSSR count). The highest BCUT2D eigenvalue weighted by Gasteiger charge is 2.29. The first-order valence-electron chi connectivity index (χ1n) is 9.73. The Morgan fingerprint density at radius 1 is 1.21 bits per heavy atom. The molecular formula is C20H24FN5O3. The molecule has 0 amide bonds. The molecule has 0 fully saturated rings. The third kappa shape index (κ3) is 3.25. The number of halogens is 1. The van der Waals surface area contributed by atoms with Gasteiger partial charge in [0.2, 0.25) is 5.95 Å². The lowest BCUT2D eigenvalue weighted by Crippen LogP contribution is -2.41. The van der Waals surface area contributed by atoms with Crippen LogP contribution in [0, 0.1) is 11.7 Å². The molecule has 1 atom stereocenters. The Balaban J connectivity index is 1.91. The largest absolute Gasteiger partial charge is 0.380 e. The van der Waals surface area contributed by atoms with Gasteiger partial charge in [0.1, 0.15) is 5.82 Å². The third-order valence-corrected chi connectivity index (χ3v) is 5.24. The van der Waals surface area contributed by atoms with Gasteiger partial charge in [0.05, 0.1) is 13.2 Å². The summed E-state index contributed by atoms with van der Waals surface area (Å²) in [6.07, 6.45) is 0. The fourth-order valence-electron chi connectivity index (χ4n) is 3.84. The number of nitrogens with zero attached hydrogens (tertiary/aromatic N) is 5. The Kier molecular flexibility index (Phi) is 4.99. The fourth-order valence-corrected chi connectivity index (χ4v) is 3.84. The summed E-state index contributed by atoms with van der Waals surface area (Å²) in [5, 5.41) is 0. The SMILES string of the molecule is CCOCCn1c(=O)c2c(nc3n2CC(C)CN3c2ccc(F)cc2)n(C)c1=O. The summed E-state index contributed by atoms with van der Waals surface area (Å²) in [4.78, 5) is 32.5. The predicted octanol–water partition coefficient (Wildman–Crippen LogP) is 1.86. The smallest absolute Gasteiger partial charge is 0.332 e. The molecule has 0 saturated heterocycles. The summed E-state index contributed by atoms with van der Waals surface area (Å²) >= 11 is 0. The molecule has 2 aromatic heterocycles. The van der Waals surface area contributed by atoms with E-state index in [1.807, 2.05) is 16.4 Å². The van der Waals surface area contributed by atoms with E-state index >= 15 is 0 Å². The molecular weight excluding hydrogens is 377 g/mol. The summed E-state index contributed by atoms with van der Waals surface area (Å²) < 4.78 is 23.2. The first-order chi connectivity index (χ1) is 13.9.